The van der Waals surface area contributed by atoms with E-state index < -0.39 is 23.2 Å². The number of benzene rings is 2. The third kappa shape index (κ3) is 3.03. The van der Waals surface area contributed by atoms with E-state index in [4.69, 9.17) is 4.74 Å². The molecule has 2 aromatic carbocycles. The lowest BCUT2D eigenvalue weighted by Crippen LogP contribution is -2.38. The van der Waals surface area contributed by atoms with Crippen molar-refractivity contribution in [2.24, 2.45) is 0 Å². The molecule has 31 heavy (non-hydrogen) atoms. The zero-order chi connectivity index (χ0) is 21.5. The highest BCUT2D eigenvalue weighted by molar-refractivity contribution is 5.85. The Hall–Kier alpha value is -3.78. The van der Waals surface area contributed by atoms with Crippen LogP contribution in [-0.2, 0) is 6.42 Å². The summed E-state index contributed by atoms with van der Waals surface area (Å²) in [6.07, 6.45) is 0.793. The van der Waals surface area contributed by atoms with Crippen molar-refractivity contribution in [2.45, 2.75) is 19.4 Å². The number of hydrogen-bond acceptors (Lipinski definition) is 5. The summed E-state index contributed by atoms with van der Waals surface area (Å²) >= 11 is 0. The molecule has 0 fully saturated rings. The van der Waals surface area contributed by atoms with Crippen molar-refractivity contribution in [3.05, 3.63) is 86.2 Å². The molecular weight excluding hydrogens is 396 g/mol. The summed E-state index contributed by atoms with van der Waals surface area (Å²) < 4.78 is 6.71. The van der Waals surface area contributed by atoms with Gasteiger partial charge in [0.25, 0.3) is 5.56 Å². The third-order valence-corrected chi connectivity index (χ3v) is 5.67. The SMILES string of the molecule is CCOc1ccccc1-n1c(O)c(C2NCCc3c2[nH]c2ccccc32)c(=O)[nH]c1=O. The lowest BCUT2D eigenvalue weighted by molar-refractivity contribution is 0.336. The number of fused-ring (bicyclic) bond motifs is 3. The minimum Gasteiger partial charge on any atom is -0.494 e. The number of rotatable bonds is 4. The van der Waals surface area contributed by atoms with Crippen molar-refractivity contribution in [1.82, 2.24) is 19.9 Å². The molecule has 0 aliphatic carbocycles. The Balaban J connectivity index is 1.74. The van der Waals surface area contributed by atoms with Crippen molar-refractivity contribution in [3.8, 4) is 17.3 Å². The van der Waals surface area contributed by atoms with Crippen LogP contribution in [0.3, 0.4) is 0 Å². The number of hydrogen-bond donors (Lipinski definition) is 4. The van der Waals surface area contributed by atoms with Crippen LogP contribution in [0.25, 0.3) is 16.6 Å². The van der Waals surface area contributed by atoms with Crippen molar-refractivity contribution < 1.29 is 9.84 Å². The zero-order valence-electron chi connectivity index (χ0n) is 16.9. The highest BCUT2D eigenvalue weighted by atomic mass is 16.5. The summed E-state index contributed by atoms with van der Waals surface area (Å²) in [5.41, 5.74) is 1.97. The Labute approximate surface area is 177 Å². The second kappa shape index (κ2) is 7.48. The van der Waals surface area contributed by atoms with Crippen molar-refractivity contribution in [2.75, 3.05) is 13.2 Å². The average molecular weight is 418 g/mol. The maximum absolute atomic E-state index is 12.9. The fraction of sp³-hybridized carbons (Fsp3) is 0.217. The number of aromatic amines is 2. The first kappa shape index (κ1) is 19.2. The second-order valence-electron chi connectivity index (χ2n) is 7.43. The number of aromatic hydroxyl groups is 1. The monoisotopic (exact) mass is 418 g/mol. The van der Waals surface area contributed by atoms with Gasteiger partial charge in [0.05, 0.1) is 18.3 Å². The molecule has 0 radical (unpaired) electrons. The third-order valence-electron chi connectivity index (χ3n) is 5.67. The van der Waals surface area contributed by atoms with E-state index in [0.29, 0.717) is 24.6 Å². The van der Waals surface area contributed by atoms with Crippen LogP contribution in [0.4, 0.5) is 0 Å². The molecular formula is C23H22N4O4. The predicted octanol–water partition coefficient (Wildman–Crippen LogP) is 2.35. The molecule has 0 spiro atoms. The molecule has 158 valence electrons. The lowest BCUT2D eigenvalue weighted by Gasteiger charge is -2.25. The van der Waals surface area contributed by atoms with Gasteiger partial charge in [0.15, 0.2) is 0 Å². The van der Waals surface area contributed by atoms with Gasteiger partial charge in [-0.3, -0.25) is 9.78 Å². The summed E-state index contributed by atoms with van der Waals surface area (Å²) in [5.74, 6) is 0.0215. The second-order valence-corrected chi connectivity index (χ2v) is 7.43. The van der Waals surface area contributed by atoms with E-state index >= 15 is 0 Å². The van der Waals surface area contributed by atoms with Crippen LogP contribution in [0.15, 0.2) is 58.1 Å². The number of nitrogens with one attached hydrogen (secondary N) is 3. The van der Waals surface area contributed by atoms with Crippen molar-refractivity contribution in [3.63, 3.8) is 0 Å². The fourth-order valence-corrected chi connectivity index (χ4v) is 4.37. The Morgan fingerprint density at radius 2 is 1.87 bits per heavy atom. The van der Waals surface area contributed by atoms with E-state index in [2.05, 4.69) is 15.3 Å². The van der Waals surface area contributed by atoms with Gasteiger partial charge in [0.2, 0.25) is 5.88 Å². The summed E-state index contributed by atoms with van der Waals surface area (Å²) in [4.78, 5) is 31.3. The molecule has 1 aliphatic rings. The average Bonchev–Trinajstić information content (AvgIpc) is 3.14. The topological polar surface area (TPSA) is 112 Å². The predicted molar refractivity (Wildman–Crippen MR) is 117 cm³/mol. The highest BCUT2D eigenvalue weighted by Gasteiger charge is 2.31. The van der Waals surface area contributed by atoms with Crippen LogP contribution < -0.4 is 21.3 Å². The van der Waals surface area contributed by atoms with Crippen molar-refractivity contribution >= 4 is 10.9 Å². The molecule has 4 aromatic rings. The molecule has 4 N–H and O–H groups in total. The maximum Gasteiger partial charge on any atom is 0.335 e. The molecule has 8 nitrogen and oxygen atoms in total. The molecule has 5 rings (SSSR count). The first-order chi connectivity index (χ1) is 15.1. The molecule has 2 aromatic heterocycles. The van der Waals surface area contributed by atoms with Crippen molar-refractivity contribution in [1.29, 1.82) is 0 Å². The lowest BCUT2D eigenvalue weighted by atomic mass is 9.95. The number of H-pyrrole nitrogens is 2. The Kier molecular flexibility index (Phi) is 4.63. The van der Waals surface area contributed by atoms with E-state index in [1.54, 1.807) is 24.3 Å². The zero-order valence-corrected chi connectivity index (χ0v) is 16.9. The van der Waals surface area contributed by atoms with Crippen LogP contribution in [0.1, 0.15) is 29.8 Å². The van der Waals surface area contributed by atoms with Gasteiger partial charge in [0, 0.05) is 23.1 Å². The van der Waals surface area contributed by atoms with E-state index in [-0.39, 0.29) is 5.56 Å². The summed E-state index contributed by atoms with van der Waals surface area (Å²) in [7, 11) is 0. The molecule has 1 atom stereocenters. The van der Waals surface area contributed by atoms with E-state index in [0.717, 1.165) is 33.1 Å². The Bertz CT molecular complexity index is 1400. The Morgan fingerprint density at radius 3 is 2.71 bits per heavy atom. The molecule has 3 heterocycles. The molecule has 1 unspecified atom stereocenters. The Morgan fingerprint density at radius 1 is 1.10 bits per heavy atom. The number of ether oxygens (including phenoxy) is 1. The van der Waals surface area contributed by atoms with Gasteiger partial charge in [0.1, 0.15) is 11.3 Å². The molecule has 0 bridgehead atoms. The largest absolute Gasteiger partial charge is 0.494 e. The molecule has 0 saturated heterocycles. The molecule has 0 amide bonds. The van der Waals surface area contributed by atoms with Gasteiger partial charge in [-0.1, -0.05) is 30.3 Å². The standard InChI is InChI=1S/C23H22N4O4/c1-2-31-17-10-6-5-9-16(17)27-22(29)18(21(28)26-23(27)30)20-19-14(11-12-24-20)13-7-3-4-8-15(13)25-19/h3-10,20,24-25,29H,2,11-12H2,1H3,(H,26,28,30). The highest BCUT2D eigenvalue weighted by Crippen LogP contribution is 2.35. The summed E-state index contributed by atoms with van der Waals surface area (Å²) in [6, 6.07) is 14.2. The normalized spacial score (nSPS) is 15.7. The maximum atomic E-state index is 12.9. The van der Waals surface area contributed by atoms with Crippen LogP contribution in [0, 0.1) is 0 Å². The molecule has 8 heteroatoms. The number of para-hydroxylation sites is 3. The first-order valence-electron chi connectivity index (χ1n) is 10.2. The van der Waals surface area contributed by atoms with E-state index in [1.807, 2.05) is 31.2 Å². The molecule has 0 saturated carbocycles. The summed E-state index contributed by atoms with van der Waals surface area (Å²) in [5, 5.41) is 15.6. The van der Waals surface area contributed by atoms with Crippen LogP contribution in [0.5, 0.6) is 11.6 Å². The van der Waals surface area contributed by atoms with E-state index in [9.17, 15) is 14.7 Å². The quantitative estimate of drug-likeness (QED) is 0.406. The number of nitrogens with zero attached hydrogens (tertiary/aromatic N) is 1. The minimum atomic E-state index is -0.730. The smallest absolute Gasteiger partial charge is 0.335 e. The van der Waals surface area contributed by atoms with Gasteiger partial charge in [-0.05, 0) is 37.1 Å². The van der Waals surface area contributed by atoms with E-state index in [1.165, 1.54) is 0 Å². The van der Waals surface area contributed by atoms with Gasteiger partial charge >= 0.3 is 5.69 Å². The summed E-state index contributed by atoms with van der Waals surface area (Å²) in [6.45, 7) is 2.86. The van der Waals surface area contributed by atoms with Crippen LogP contribution in [0.2, 0.25) is 0 Å². The molecule has 1 aliphatic heterocycles. The van der Waals surface area contributed by atoms with Gasteiger partial charge in [-0.25, -0.2) is 9.36 Å². The van der Waals surface area contributed by atoms with Crippen LogP contribution in [-0.4, -0.2) is 32.8 Å². The first-order valence-corrected chi connectivity index (χ1v) is 10.2. The van der Waals surface area contributed by atoms with Gasteiger partial charge in [-0.2, -0.15) is 0 Å². The van der Waals surface area contributed by atoms with Crippen LogP contribution >= 0.6 is 0 Å². The number of aromatic nitrogens is 3. The van der Waals surface area contributed by atoms with Gasteiger partial charge < -0.3 is 20.1 Å². The van der Waals surface area contributed by atoms with Gasteiger partial charge in [-0.15, -0.1) is 0 Å². The fourth-order valence-electron chi connectivity index (χ4n) is 4.37. The minimum absolute atomic E-state index is 0.0819.